The first-order valence-corrected chi connectivity index (χ1v) is 7.24. The van der Waals surface area contributed by atoms with Gasteiger partial charge >= 0.3 is 0 Å². The number of aromatic nitrogens is 1. The predicted molar refractivity (Wildman–Crippen MR) is 83.2 cm³/mol. The molecule has 23 heavy (non-hydrogen) atoms. The van der Waals surface area contributed by atoms with Crippen LogP contribution >= 0.6 is 0 Å². The quantitative estimate of drug-likeness (QED) is 0.826. The van der Waals surface area contributed by atoms with Crippen molar-refractivity contribution in [2.75, 3.05) is 17.7 Å². The van der Waals surface area contributed by atoms with E-state index >= 15 is 0 Å². The van der Waals surface area contributed by atoms with Crippen molar-refractivity contribution < 1.29 is 18.8 Å². The highest BCUT2D eigenvalue weighted by molar-refractivity contribution is 6.17. The van der Waals surface area contributed by atoms with E-state index in [2.05, 4.69) is 15.8 Å². The Morgan fingerprint density at radius 2 is 1.91 bits per heavy atom. The van der Waals surface area contributed by atoms with Crippen LogP contribution in [0.1, 0.15) is 18.6 Å². The highest BCUT2D eigenvalue weighted by atomic mass is 16.5. The summed E-state index contributed by atoms with van der Waals surface area (Å²) < 4.78 is 10.1. The standard InChI is InChI=1S/C16H17N3O4/c1-10-9-13(19-23-10)18-15(21)16(7-8-16)14(20)17-11-5-3-4-6-12(11)22-2/h3-6,9H,7-8H2,1-2H3,(H,17,20)(H,18,19,21). The molecule has 2 N–H and O–H groups in total. The van der Waals surface area contributed by atoms with Gasteiger partial charge in [-0.05, 0) is 31.9 Å². The van der Waals surface area contributed by atoms with Crippen molar-refractivity contribution in [3.63, 3.8) is 0 Å². The van der Waals surface area contributed by atoms with Gasteiger partial charge in [0.05, 0.1) is 12.8 Å². The molecule has 0 unspecified atom stereocenters. The topological polar surface area (TPSA) is 93.5 Å². The van der Waals surface area contributed by atoms with Crippen molar-refractivity contribution in [2.24, 2.45) is 5.41 Å². The summed E-state index contributed by atoms with van der Waals surface area (Å²) in [6, 6.07) is 8.67. The molecular formula is C16H17N3O4. The normalized spacial score (nSPS) is 14.9. The van der Waals surface area contributed by atoms with E-state index in [-0.39, 0.29) is 11.8 Å². The van der Waals surface area contributed by atoms with E-state index in [9.17, 15) is 9.59 Å². The summed E-state index contributed by atoms with van der Waals surface area (Å²) in [5.41, 5.74) is -0.524. The van der Waals surface area contributed by atoms with E-state index in [4.69, 9.17) is 9.26 Å². The summed E-state index contributed by atoms with van der Waals surface area (Å²) in [6.45, 7) is 1.73. The van der Waals surface area contributed by atoms with Gasteiger partial charge in [-0.15, -0.1) is 0 Å². The molecule has 120 valence electrons. The summed E-state index contributed by atoms with van der Waals surface area (Å²) in [6.07, 6.45) is 0.993. The van der Waals surface area contributed by atoms with Crippen LogP contribution in [0.5, 0.6) is 5.75 Å². The fourth-order valence-electron chi connectivity index (χ4n) is 2.33. The zero-order chi connectivity index (χ0) is 16.4. The number of ether oxygens (including phenoxy) is 1. The lowest BCUT2D eigenvalue weighted by Gasteiger charge is -2.15. The second-order valence-electron chi connectivity index (χ2n) is 5.51. The lowest BCUT2D eigenvalue weighted by atomic mass is 10.0. The lowest BCUT2D eigenvalue weighted by molar-refractivity contribution is -0.131. The summed E-state index contributed by atoms with van der Waals surface area (Å²) in [7, 11) is 1.53. The second kappa shape index (κ2) is 5.75. The molecule has 1 saturated carbocycles. The lowest BCUT2D eigenvalue weighted by Crippen LogP contribution is -2.35. The SMILES string of the molecule is COc1ccccc1NC(=O)C1(C(=O)Nc2cc(C)on2)CC1. The van der Waals surface area contributed by atoms with Gasteiger partial charge in [0, 0.05) is 6.07 Å². The van der Waals surface area contributed by atoms with Gasteiger partial charge in [-0.3, -0.25) is 9.59 Å². The Balaban J connectivity index is 1.72. The van der Waals surface area contributed by atoms with E-state index in [1.165, 1.54) is 7.11 Å². The Kier molecular flexibility index (Phi) is 3.77. The number of anilines is 2. The van der Waals surface area contributed by atoms with Gasteiger partial charge in [-0.25, -0.2) is 0 Å². The number of amides is 2. The maximum absolute atomic E-state index is 12.5. The molecule has 0 bridgehead atoms. The first-order valence-electron chi connectivity index (χ1n) is 7.24. The molecule has 3 rings (SSSR count). The van der Waals surface area contributed by atoms with Crippen LogP contribution < -0.4 is 15.4 Å². The molecule has 0 radical (unpaired) electrons. The van der Waals surface area contributed by atoms with Crippen molar-refractivity contribution in [3.8, 4) is 5.75 Å². The molecule has 1 fully saturated rings. The first-order chi connectivity index (χ1) is 11.0. The van der Waals surface area contributed by atoms with Crippen molar-refractivity contribution in [2.45, 2.75) is 19.8 Å². The Labute approximate surface area is 133 Å². The molecule has 1 aromatic carbocycles. The highest BCUT2D eigenvalue weighted by Gasteiger charge is 2.56. The summed E-state index contributed by atoms with van der Waals surface area (Å²) in [5, 5.41) is 9.10. The molecule has 1 heterocycles. The van der Waals surface area contributed by atoms with Gasteiger partial charge in [0.15, 0.2) is 5.82 Å². The number of hydrogen-bond acceptors (Lipinski definition) is 5. The predicted octanol–water partition coefficient (Wildman–Crippen LogP) is 2.35. The van der Waals surface area contributed by atoms with E-state index in [1.807, 2.05) is 0 Å². The van der Waals surface area contributed by atoms with Crippen LogP contribution in [0.2, 0.25) is 0 Å². The Bertz CT molecular complexity index is 749. The van der Waals surface area contributed by atoms with E-state index in [1.54, 1.807) is 37.3 Å². The van der Waals surface area contributed by atoms with Gasteiger partial charge < -0.3 is 19.9 Å². The van der Waals surface area contributed by atoms with Gasteiger partial charge in [-0.1, -0.05) is 17.3 Å². The smallest absolute Gasteiger partial charge is 0.241 e. The minimum Gasteiger partial charge on any atom is -0.495 e. The zero-order valence-corrected chi connectivity index (χ0v) is 12.9. The molecule has 1 aromatic heterocycles. The molecule has 7 heteroatoms. The number of para-hydroxylation sites is 2. The molecule has 2 aromatic rings. The number of benzene rings is 1. The summed E-state index contributed by atoms with van der Waals surface area (Å²) >= 11 is 0. The van der Waals surface area contributed by atoms with E-state index in [0.29, 0.717) is 35.9 Å². The monoisotopic (exact) mass is 315 g/mol. The minimum absolute atomic E-state index is 0.309. The van der Waals surface area contributed by atoms with Crippen LogP contribution in [0.3, 0.4) is 0 Å². The number of hydrogen-bond donors (Lipinski definition) is 2. The summed E-state index contributed by atoms with van der Waals surface area (Å²) in [4.78, 5) is 24.9. The fourth-order valence-corrected chi connectivity index (χ4v) is 2.33. The number of nitrogens with one attached hydrogen (secondary N) is 2. The van der Waals surface area contributed by atoms with Crippen molar-refractivity contribution >= 4 is 23.3 Å². The van der Waals surface area contributed by atoms with Crippen LogP contribution in [0, 0.1) is 12.3 Å². The zero-order valence-electron chi connectivity index (χ0n) is 12.9. The molecule has 0 spiro atoms. The molecular weight excluding hydrogens is 298 g/mol. The maximum atomic E-state index is 12.5. The fraction of sp³-hybridized carbons (Fsp3) is 0.312. The van der Waals surface area contributed by atoms with Crippen LogP contribution in [0.25, 0.3) is 0 Å². The number of methoxy groups -OCH3 is 1. The molecule has 0 atom stereocenters. The number of nitrogens with zero attached hydrogens (tertiary/aromatic N) is 1. The van der Waals surface area contributed by atoms with Crippen molar-refractivity contribution in [1.29, 1.82) is 0 Å². The van der Waals surface area contributed by atoms with Gasteiger partial charge in [0.25, 0.3) is 0 Å². The Morgan fingerprint density at radius 1 is 1.22 bits per heavy atom. The average Bonchev–Trinajstić information content (AvgIpc) is 3.27. The van der Waals surface area contributed by atoms with Gasteiger partial charge in [0.1, 0.15) is 16.9 Å². The molecule has 0 aliphatic heterocycles. The average molecular weight is 315 g/mol. The minimum atomic E-state index is -1.06. The third kappa shape index (κ3) is 2.90. The summed E-state index contributed by atoms with van der Waals surface area (Å²) in [5.74, 6) is 0.717. The van der Waals surface area contributed by atoms with Crippen LogP contribution in [0.15, 0.2) is 34.9 Å². The van der Waals surface area contributed by atoms with E-state index < -0.39 is 5.41 Å². The van der Waals surface area contributed by atoms with Crippen LogP contribution in [0.4, 0.5) is 11.5 Å². The van der Waals surface area contributed by atoms with Gasteiger partial charge in [0.2, 0.25) is 11.8 Å². The number of aryl methyl sites for hydroxylation is 1. The van der Waals surface area contributed by atoms with Crippen molar-refractivity contribution in [3.05, 3.63) is 36.1 Å². The largest absolute Gasteiger partial charge is 0.495 e. The third-order valence-electron chi connectivity index (χ3n) is 3.84. The molecule has 1 aliphatic rings. The maximum Gasteiger partial charge on any atom is 0.241 e. The Morgan fingerprint density at radius 3 is 2.52 bits per heavy atom. The molecule has 0 saturated heterocycles. The molecule has 2 amide bonds. The first kappa shape index (κ1) is 15.1. The number of carbonyl (C=O) groups excluding carboxylic acids is 2. The number of carbonyl (C=O) groups is 2. The Hall–Kier alpha value is -2.83. The van der Waals surface area contributed by atoms with Gasteiger partial charge in [-0.2, -0.15) is 0 Å². The second-order valence-corrected chi connectivity index (χ2v) is 5.51. The van der Waals surface area contributed by atoms with Crippen LogP contribution in [-0.4, -0.2) is 24.1 Å². The molecule has 1 aliphatic carbocycles. The van der Waals surface area contributed by atoms with E-state index in [0.717, 1.165) is 0 Å². The van der Waals surface area contributed by atoms with Crippen LogP contribution in [-0.2, 0) is 9.59 Å². The van der Waals surface area contributed by atoms with Crippen molar-refractivity contribution in [1.82, 2.24) is 5.16 Å². The number of rotatable bonds is 5. The highest BCUT2D eigenvalue weighted by Crippen LogP contribution is 2.47. The third-order valence-corrected chi connectivity index (χ3v) is 3.84. The molecule has 7 nitrogen and oxygen atoms in total.